The number of nitrogens with zero attached hydrogens (tertiary/aromatic N) is 4. The van der Waals surface area contributed by atoms with Gasteiger partial charge in [-0.3, -0.25) is 0 Å². The van der Waals surface area contributed by atoms with Crippen LogP contribution >= 0.6 is 0 Å². The van der Waals surface area contributed by atoms with E-state index in [0.717, 1.165) is 25.9 Å². The Hall–Kier alpha value is -1.59. The third-order valence-corrected chi connectivity index (χ3v) is 2.14. The average molecular weight is 182 g/mol. The smallest absolute Gasteiger partial charge is 0.358 e. The molecule has 0 bridgehead atoms. The quantitative estimate of drug-likeness (QED) is 0.494. The van der Waals surface area contributed by atoms with E-state index in [1.807, 2.05) is 5.01 Å². The van der Waals surface area contributed by atoms with Crippen molar-refractivity contribution in [2.45, 2.75) is 12.8 Å². The first kappa shape index (κ1) is 8.03. The summed E-state index contributed by atoms with van der Waals surface area (Å²) in [5.41, 5.74) is 0. The number of hydrogen-bond acceptors (Lipinski definition) is 4. The van der Waals surface area contributed by atoms with E-state index < -0.39 is 4.92 Å². The van der Waals surface area contributed by atoms with Crippen molar-refractivity contribution < 1.29 is 4.92 Å². The Kier molecular flexibility index (Phi) is 1.88. The van der Waals surface area contributed by atoms with Gasteiger partial charge in [-0.15, -0.1) is 0 Å². The van der Waals surface area contributed by atoms with Gasteiger partial charge in [-0.25, -0.2) is 5.01 Å². The molecule has 13 heavy (non-hydrogen) atoms. The maximum Gasteiger partial charge on any atom is 0.369 e. The molecule has 0 aromatic carbocycles. The molecule has 1 aliphatic rings. The van der Waals surface area contributed by atoms with Crippen molar-refractivity contribution in [2.75, 3.05) is 18.1 Å². The maximum atomic E-state index is 10.6. The van der Waals surface area contributed by atoms with Crippen LogP contribution in [0.5, 0.6) is 0 Å². The van der Waals surface area contributed by atoms with Gasteiger partial charge < -0.3 is 10.1 Å². The Morgan fingerprint density at radius 3 is 2.77 bits per heavy atom. The second-order valence-corrected chi connectivity index (χ2v) is 3.00. The third-order valence-electron chi connectivity index (χ3n) is 2.14. The second kappa shape index (κ2) is 3.04. The minimum absolute atomic E-state index is 0.0434. The summed E-state index contributed by atoms with van der Waals surface area (Å²) in [5.74, 6) is 0.0434. The molecule has 1 saturated heterocycles. The van der Waals surface area contributed by atoms with E-state index in [1.54, 1.807) is 0 Å². The van der Waals surface area contributed by atoms with Crippen molar-refractivity contribution in [3.05, 3.63) is 22.4 Å². The van der Waals surface area contributed by atoms with Crippen LogP contribution in [0.3, 0.4) is 0 Å². The summed E-state index contributed by atoms with van der Waals surface area (Å²) in [6.07, 6.45) is 3.62. The van der Waals surface area contributed by atoms with Crippen LogP contribution in [0.2, 0.25) is 0 Å². The summed E-state index contributed by atoms with van der Waals surface area (Å²) in [4.78, 5) is 11.5. The highest BCUT2D eigenvalue weighted by Gasteiger charge is 2.23. The molecule has 1 aromatic heterocycles. The summed E-state index contributed by atoms with van der Waals surface area (Å²) in [5, 5.41) is 16.4. The van der Waals surface area contributed by atoms with Gasteiger partial charge in [0.25, 0.3) is 0 Å². The highest BCUT2D eigenvalue weighted by Crippen LogP contribution is 2.13. The Morgan fingerprint density at radius 1 is 1.46 bits per heavy atom. The maximum absolute atomic E-state index is 10.6. The first-order chi connectivity index (χ1) is 6.29. The molecule has 0 spiro atoms. The minimum atomic E-state index is -0.411. The lowest BCUT2D eigenvalue weighted by atomic mass is 10.4. The second-order valence-electron chi connectivity index (χ2n) is 3.00. The monoisotopic (exact) mass is 182 g/mol. The lowest BCUT2D eigenvalue weighted by molar-refractivity contribution is -0.392. The van der Waals surface area contributed by atoms with Gasteiger partial charge in [-0.05, 0) is 22.6 Å². The van der Waals surface area contributed by atoms with E-state index in [4.69, 9.17) is 0 Å². The molecule has 0 unspecified atom stereocenters. The first-order valence-corrected chi connectivity index (χ1v) is 4.23. The van der Waals surface area contributed by atoms with Crippen LogP contribution in [0.15, 0.2) is 12.3 Å². The Bertz CT molecular complexity index is 316. The molecular weight excluding hydrogens is 172 g/mol. The van der Waals surface area contributed by atoms with Crippen LogP contribution in [0.25, 0.3) is 0 Å². The van der Waals surface area contributed by atoms with E-state index in [0.29, 0.717) is 0 Å². The Balaban J connectivity index is 2.28. The molecule has 0 amide bonds. The normalized spacial score (nSPS) is 16.5. The summed E-state index contributed by atoms with van der Waals surface area (Å²) in [6, 6.07) is 1.41. The van der Waals surface area contributed by atoms with Crippen LogP contribution < -0.4 is 5.01 Å². The zero-order chi connectivity index (χ0) is 9.26. The van der Waals surface area contributed by atoms with Crippen molar-refractivity contribution in [3.8, 4) is 0 Å². The third kappa shape index (κ3) is 1.34. The van der Waals surface area contributed by atoms with Crippen LogP contribution in [-0.4, -0.2) is 27.9 Å². The van der Waals surface area contributed by atoms with Gasteiger partial charge >= 0.3 is 5.82 Å². The molecule has 1 aliphatic heterocycles. The fourth-order valence-corrected chi connectivity index (χ4v) is 1.53. The lowest BCUT2D eigenvalue weighted by Gasteiger charge is -2.11. The van der Waals surface area contributed by atoms with E-state index >= 15 is 0 Å². The zero-order valence-electron chi connectivity index (χ0n) is 7.09. The fraction of sp³-hybridized carbons (Fsp3) is 0.571. The van der Waals surface area contributed by atoms with Gasteiger partial charge in [0.1, 0.15) is 0 Å². The van der Waals surface area contributed by atoms with Gasteiger partial charge in [0.05, 0.1) is 25.4 Å². The molecule has 6 heteroatoms. The van der Waals surface area contributed by atoms with E-state index in [2.05, 4.69) is 5.10 Å². The number of rotatable bonds is 2. The number of nitro groups is 1. The van der Waals surface area contributed by atoms with Crippen molar-refractivity contribution in [1.29, 1.82) is 0 Å². The SMILES string of the molecule is O=[N+]([O-])c1ccnn1N1CCCC1. The van der Waals surface area contributed by atoms with Gasteiger partial charge in [0.15, 0.2) is 0 Å². The number of aromatic nitrogens is 2. The minimum Gasteiger partial charge on any atom is -0.358 e. The molecule has 2 heterocycles. The highest BCUT2D eigenvalue weighted by atomic mass is 16.6. The molecule has 0 saturated carbocycles. The molecule has 0 atom stereocenters. The molecule has 1 fully saturated rings. The van der Waals surface area contributed by atoms with Crippen molar-refractivity contribution in [2.24, 2.45) is 0 Å². The van der Waals surface area contributed by atoms with Crippen LogP contribution in [0.1, 0.15) is 12.8 Å². The van der Waals surface area contributed by atoms with Crippen molar-refractivity contribution >= 4 is 5.82 Å². The van der Waals surface area contributed by atoms with Crippen LogP contribution in [0, 0.1) is 10.1 Å². The lowest BCUT2D eigenvalue weighted by Crippen LogP contribution is -2.32. The molecule has 70 valence electrons. The van der Waals surface area contributed by atoms with E-state index in [-0.39, 0.29) is 5.82 Å². The van der Waals surface area contributed by atoms with Crippen molar-refractivity contribution in [1.82, 2.24) is 9.89 Å². The van der Waals surface area contributed by atoms with Gasteiger partial charge in [0, 0.05) is 0 Å². The van der Waals surface area contributed by atoms with Gasteiger partial charge in [-0.2, -0.15) is 0 Å². The molecule has 0 aliphatic carbocycles. The Morgan fingerprint density at radius 2 is 2.15 bits per heavy atom. The molecule has 1 aromatic rings. The largest absolute Gasteiger partial charge is 0.369 e. The summed E-state index contributed by atoms with van der Waals surface area (Å²) < 4.78 is 0. The molecule has 0 radical (unpaired) electrons. The average Bonchev–Trinajstić information content (AvgIpc) is 2.74. The van der Waals surface area contributed by atoms with Crippen LogP contribution in [0.4, 0.5) is 5.82 Å². The summed E-state index contributed by atoms with van der Waals surface area (Å²) in [6.45, 7) is 1.70. The van der Waals surface area contributed by atoms with Crippen LogP contribution in [-0.2, 0) is 0 Å². The first-order valence-electron chi connectivity index (χ1n) is 4.23. The predicted octanol–water partition coefficient (Wildman–Crippen LogP) is 0.523. The summed E-state index contributed by atoms with van der Waals surface area (Å²) >= 11 is 0. The Labute approximate surface area is 74.9 Å². The summed E-state index contributed by atoms with van der Waals surface area (Å²) in [7, 11) is 0. The number of hydrogen-bond donors (Lipinski definition) is 0. The zero-order valence-corrected chi connectivity index (χ0v) is 7.09. The molecule has 2 rings (SSSR count). The standard InChI is InChI=1S/C7H10N4O2/c12-11(13)7-3-4-8-10(7)9-5-1-2-6-9/h3-4H,1-2,5-6H2. The highest BCUT2D eigenvalue weighted by molar-refractivity contribution is 5.19. The van der Waals surface area contributed by atoms with Gasteiger partial charge in [-0.1, -0.05) is 5.10 Å². The van der Waals surface area contributed by atoms with Gasteiger partial charge in [0.2, 0.25) is 0 Å². The topological polar surface area (TPSA) is 64.2 Å². The van der Waals surface area contributed by atoms with E-state index in [9.17, 15) is 10.1 Å². The molecular formula is C7H10N4O2. The van der Waals surface area contributed by atoms with E-state index in [1.165, 1.54) is 17.1 Å². The predicted molar refractivity (Wildman–Crippen MR) is 46.1 cm³/mol. The fourth-order valence-electron chi connectivity index (χ4n) is 1.53. The van der Waals surface area contributed by atoms with Crippen molar-refractivity contribution in [3.63, 3.8) is 0 Å². The molecule has 6 nitrogen and oxygen atoms in total. The molecule has 0 N–H and O–H groups in total.